The van der Waals surface area contributed by atoms with Gasteiger partial charge in [-0.05, 0) is 12.1 Å². The van der Waals surface area contributed by atoms with Crippen LogP contribution in [0, 0.1) is 11.8 Å². The largest absolute Gasteiger partial charge is 0.507 e. The van der Waals surface area contributed by atoms with Crippen molar-refractivity contribution in [2.75, 3.05) is 5.88 Å². The van der Waals surface area contributed by atoms with Crippen molar-refractivity contribution in [3.8, 4) is 17.6 Å². The zero-order chi connectivity index (χ0) is 10.7. The van der Waals surface area contributed by atoms with Gasteiger partial charge in [-0.25, -0.2) is 0 Å². The standard InChI is InChI=1S/C13H9ClO/c14-9-3-4-10-7-8-13(15)12-6-2-1-5-11(10)12/h1-2,5-8,15H,9H2. The molecule has 2 heteroatoms. The molecule has 0 bridgehead atoms. The fourth-order valence-electron chi connectivity index (χ4n) is 1.52. The molecule has 0 radical (unpaired) electrons. The summed E-state index contributed by atoms with van der Waals surface area (Å²) in [6.07, 6.45) is 0. The van der Waals surface area contributed by atoms with Crippen molar-refractivity contribution in [2.45, 2.75) is 0 Å². The van der Waals surface area contributed by atoms with Crippen molar-refractivity contribution in [1.29, 1.82) is 0 Å². The van der Waals surface area contributed by atoms with E-state index < -0.39 is 0 Å². The van der Waals surface area contributed by atoms with E-state index in [0.29, 0.717) is 5.88 Å². The zero-order valence-corrected chi connectivity index (χ0v) is 8.75. The molecule has 0 aliphatic carbocycles. The zero-order valence-electron chi connectivity index (χ0n) is 8.00. The van der Waals surface area contributed by atoms with E-state index in [1.54, 1.807) is 12.1 Å². The van der Waals surface area contributed by atoms with Gasteiger partial charge in [-0.1, -0.05) is 36.1 Å². The maximum Gasteiger partial charge on any atom is 0.123 e. The topological polar surface area (TPSA) is 20.2 Å². The van der Waals surface area contributed by atoms with Crippen molar-refractivity contribution in [3.05, 3.63) is 42.0 Å². The number of fused-ring (bicyclic) bond motifs is 1. The number of hydrogen-bond acceptors (Lipinski definition) is 1. The van der Waals surface area contributed by atoms with Gasteiger partial charge in [0.05, 0.1) is 5.88 Å². The minimum Gasteiger partial charge on any atom is -0.507 e. The van der Waals surface area contributed by atoms with Crippen molar-refractivity contribution in [3.63, 3.8) is 0 Å². The highest BCUT2D eigenvalue weighted by atomic mass is 35.5. The van der Waals surface area contributed by atoms with Gasteiger partial charge in [0.25, 0.3) is 0 Å². The van der Waals surface area contributed by atoms with Crippen LogP contribution in [-0.4, -0.2) is 11.0 Å². The maximum absolute atomic E-state index is 9.65. The van der Waals surface area contributed by atoms with Gasteiger partial charge in [0.15, 0.2) is 0 Å². The second kappa shape index (κ2) is 4.25. The summed E-state index contributed by atoms with van der Waals surface area (Å²) in [5.74, 6) is 6.38. The fraction of sp³-hybridized carbons (Fsp3) is 0.0769. The number of rotatable bonds is 0. The van der Waals surface area contributed by atoms with E-state index in [4.69, 9.17) is 11.6 Å². The van der Waals surface area contributed by atoms with Crippen LogP contribution in [0.4, 0.5) is 0 Å². The van der Waals surface area contributed by atoms with Crippen LogP contribution in [0.1, 0.15) is 5.56 Å². The third kappa shape index (κ3) is 1.91. The molecule has 0 atom stereocenters. The lowest BCUT2D eigenvalue weighted by Crippen LogP contribution is -1.80. The molecule has 15 heavy (non-hydrogen) atoms. The first-order valence-corrected chi connectivity index (χ1v) is 5.12. The van der Waals surface area contributed by atoms with Gasteiger partial charge in [0, 0.05) is 16.3 Å². The smallest absolute Gasteiger partial charge is 0.123 e. The van der Waals surface area contributed by atoms with E-state index >= 15 is 0 Å². The van der Waals surface area contributed by atoms with E-state index in [-0.39, 0.29) is 5.75 Å². The molecule has 1 nitrogen and oxygen atoms in total. The highest BCUT2D eigenvalue weighted by molar-refractivity contribution is 6.19. The van der Waals surface area contributed by atoms with Crippen LogP contribution in [0.3, 0.4) is 0 Å². The van der Waals surface area contributed by atoms with Crippen LogP contribution < -0.4 is 0 Å². The second-order valence-electron chi connectivity index (χ2n) is 3.11. The van der Waals surface area contributed by atoms with Crippen molar-refractivity contribution in [2.24, 2.45) is 0 Å². The monoisotopic (exact) mass is 216 g/mol. The number of phenolic OH excluding ortho intramolecular Hbond substituents is 1. The fourth-order valence-corrected chi connectivity index (χ4v) is 1.59. The molecule has 74 valence electrons. The van der Waals surface area contributed by atoms with Gasteiger partial charge < -0.3 is 5.11 Å². The Bertz CT molecular complexity index is 549. The molecule has 0 aliphatic heterocycles. The van der Waals surface area contributed by atoms with Crippen molar-refractivity contribution in [1.82, 2.24) is 0 Å². The second-order valence-corrected chi connectivity index (χ2v) is 3.38. The van der Waals surface area contributed by atoms with E-state index in [9.17, 15) is 5.11 Å². The van der Waals surface area contributed by atoms with Crippen LogP contribution in [0.2, 0.25) is 0 Å². The molecule has 2 aromatic rings. The highest BCUT2D eigenvalue weighted by Crippen LogP contribution is 2.26. The lowest BCUT2D eigenvalue weighted by molar-refractivity contribution is 0.481. The number of aromatic hydroxyl groups is 1. The summed E-state index contributed by atoms with van der Waals surface area (Å²) in [5, 5.41) is 11.4. The Hall–Kier alpha value is -1.65. The average molecular weight is 217 g/mol. The molecule has 1 N–H and O–H groups in total. The quantitative estimate of drug-likeness (QED) is 0.530. The number of benzene rings is 2. The first kappa shape index (κ1) is 9.89. The average Bonchev–Trinajstić information content (AvgIpc) is 2.29. The summed E-state index contributed by atoms with van der Waals surface area (Å²) in [6.45, 7) is 0. The van der Waals surface area contributed by atoms with E-state index in [1.165, 1.54) is 0 Å². The Morgan fingerprint density at radius 1 is 1.07 bits per heavy atom. The van der Waals surface area contributed by atoms with Gasteiger partial charge in [-0.15, -0.1) is 11.6 Å². The third-order valence-electron chi connectivity index (χ3n) is 2.19. The highest BCUT2D eigenvalue weighted by Gasteiger charge is 2.01. The van der Waals surface area contributed by atoms with Crippen molar-refractivity contribution >= 4 is 22.4 Å². The molecule has 0 fully saturated rings. The van der Waals surface area contributed by atoms with Crippen molar-refractivity contribution < 1.29 is 5.11 Å². The lowest BCUT2D eigenvalue weighted by Gasteiger charge is -2.02. The molecular weight excluding hydrogens is 208 g/mol. The molecule has 0 saturated carbocycles. The Morgan fingerprint density at radius 3 is 2.53 bits per heavy atom. The van der Waals surface area contributed by atoms with Crippen LogP contribution in [0.15, 0.2) is 36.4 Å². The minimum atomic E-state index is 0.280. The molecule has 0 amide bonds. The first-order chi connectivity index (χ1) is 7.33. The lowest BCUT2D eigenvalue weighted by atomic mass is 10.0. The predicted molar refractivity (Wildman–Crippen MR) is 63.2 cm³/mol. The molecule has 0 aromatic heterocycles. The molecular formula is C13H9ClO. The number of hydrogen-bond donors (Lipinski definition) is 1. The van der Waals surface area contributed by atoms with Crippen LogP contribution in [0.5, 0.6) is 5.75 Å². The van der Waals surface area contributed by atoms with Crippen LogP contribution in [-0.2, 0) is 0 Å². The molecule has 0 unspecified atom stereocenters. The summed E-state index contributed by atoms with van der Waals surface area (Å²) < 4.78 is 0. The van der Waals surface area contributed by atoms with Gasteiger partial charge in [-0.2, -0.15) is 0 Å². The van der Waals surface area contributed by atoms with Crippen LogP contribution >= 0.6 is 11.6 Å². The molecule has 0 heterocycles. The molecule has 2 aromatic carbocycles. The molecule has 2 rings (SSSR count). The third-order valence-corrected chi connectivity index (χ3v) is 2.32. The summed E-state index contributed by atoms with van der Waals surface area (Å²) in [5.41, 5.74) is 0.893. The Labute approximate surface area is 93.3 Å². The van der Waals surface area contributed by atoms with Gasteiger partial charge in [0.1, 0.15) is 5.75 Å². The summed E-state index contributed by atoms with van der Waals surface area (Å²) in [7, 11) is 0. The summed E-state index contributed by atoms with van der Waals surface area (Å²) >= 11 is 5.51. The van der Waals surface area contributed by atoms with Gasteiger partial charge >= 0.3 is 0 Å². The Balaban J connectivity index is 2.72. The number of alkyl halides is 1. The normalized spacial score (nSPS) is 9.67. The van der Waals surface area contributed by atoms with Gasteiger partial charge in [-0.3, -0.25) is 0 Å². The summed E-state index contributed by atoms with van der Waals surface area (Å²) in [4.78, 5) is 0. The van der Waals surface area contributed by atoms with E-state index in [1.807, 2.05) is 24.3 Å². The maximum atomic E-state index is 9.65. The van der Waals surface area contributed by atoms with E-state index in [2.05, 4.69) is 11.8 Å². The Morgan fingerprint density at radius 2 is 1.80 bits per heavy atom. The van der Waals surface area contributed by atoms with E-state index in [0.717, 1.165) is 16.3 Å². The molecule has 0 aliphatic rings. The molecule has 0 saturated heterocycles. The SMILES string of the molecule is Oc1ccc(C#CCCl)c2ccccc12. The predicted octanol–water partition coefficient (Wildman–Crippen LogP) is 3.14. The van der Waals surface area contributed by atoms with Crippen LogP contribution in [0.25, 0.3) is 10.8 Å². The minimum absolute atomic E-state index is 0.280. The Kier molecular flexibility index (Phi) is 2.80. The first-order valence-electron chi connectivity index (χ1n) is 4.58. The van der Waals surface area contributed by atoms with Gasteiger partial charge in [0.2, 0.25) is 0 Å². The number of phenols is 1. The molecule has 0 spiro atoms. The number of halogens is 1. The summed E-state index contributed by atoms with van der Waals surface area (Å²) in [6, 6.07) is 11.1.